The van der Waals surface area contributed by atoms with Crippen LogP contribution in [0, 0.1) is 6.92 Å². The Bertz CT molecular complexity index is 788. The number of hydrogen-bond donors (Lipinski definition) is 2. The van der Waals surface area contributed by atoms with Crippen molar-refractivity contribution in [2.45, 2.75) is 6.92 Å². The summed E-state index contributed by atoms with van der Waals surface area (Å²) in [5, 5.41) is 16.4. The number of aromatic carboxylic acids is 1. The van der Waals surface area contributed by atoms with Crippen LogP contribution in [0.2, 0.25) is 0 Å². The van der Waals surface area contributed by atoms with E-state index < -0.39 is 5.97 Å². The monoisotopic (exact) mass is 343 g/mol. The molecule has 2 aromatic carbocycles. The normalized spacial score (nSPS) is 9.92. The van der Waals surface area contributed by atoms with Crippen molar-refractivity contribution in [2.75, 3.05) is 12.4 Å². The highest BCUT2D eigenvalue weighted by atomic mass is 32.1. The molecule has 24 heavy (non-hydrogen) atoms. The zero-order chi connectivity index (χ0) is 17.7. The molecule has 0 aliphatic carbocycles. The molecule has 2 aromatic rings. The maximum absolute atomic E-state index is 12.1. The second-order valence-electron chi connectivity index (χ2n) is 4.90. The van der Waals surface area contributed by atoms with Gasteiger partial charge in [0.15, 0.2) is 5.11 Å². The van der Waals surface area contributed by atoms with Crippen molar-refractivity contribution in [3.05, 3.63) is 59.2 Å². The number of hydrogen-bond acceptors (Lipinski definition) is 5. The second kappa shape index (κ2) is 7.56. The van der Waals surface area contributed by atoms with Crippen LogP contribution in [-0.4, -0.2) is 24.1 Å². The first-order chi connectivity index (χ1) is 11.4. The number of rotatable bonds is 4. The van der Waals surface area contributed by atoms with Gasteiger partial charge in [0.2, 0.25) is 0 Å². The van der Waals surface area contributed by atoms with E-state index in [0.717, 1.165) is 0 Å². The fourth-order valence-corrected chi connectivity index (χ4v) is 2.27. The van der Waals surface area contributed by atoms with Crippen LogP contribution in [0.5, 0.6) is 5.75 Å². The zero-order valence-corrected chi connectivity index (χ0v) is 13.9. The molecule has 0 unspecified atom stereocenters. The molecular weight excluding hydrogens is 328 g/mol. The molecule has 124 valence electrons. The topological polar surface area (TPSA) is 90.5 Å². The summed E-state index contributed by atoms with van der Waals surface area (Å²) in [6.07, 6.45) is 0. The molecule has 7 heteroatoms. The van der Waals surface area contributed by atoms with Gasteiger partial charge in [-0.15, -0.1) is 0 Å². The predicted molar refractivity (Wildman–Crippen MR) is 92.2 cm³/mol. The van der Waals surface area contributed by atoms with Gasteiger partial charge in [-0.05, 0) is 55.0 Å². The standard InChI is InChI=1S/C17H16N2O4S/c1-10-13(16(21)22)4-3-5-14(10)18-17(24)19-15(20)11-6-8-12(23-2)9-7-11/h3-9H,1-2H3,(H,21,22)(H2,18,19,20,24)/p-1. The molecule has 0 aromatic heterocycles. The van der Waals surface area contributed by atoms with Gasteiger partial charge in [0.05, 0.1) is 13.1 Å². The fraction of sp³-hybridized carbons (Fsp3) is 0.118. The van der Waals surface area contributed by atoms with Gasteiger partial charge in [0.25, 0.3) is 5.91 Å². The molecule has 0 atom stereocenters. The Kier molecular flexibility index (Phi) is 5.49. The summed E-state index contributed by atoms with van der Waals surface area (Å²) >= 11 is 5.10. The molecule has 0 saturated carbocycles. The quantitative estimate of drug-likeness (QED) is 0.818. The number of carbonyl (C=O) groups is 2. The van der Waals surface area contributed by atoms with Crippen molar-refractivity contribution in [3.63, 3.8) is 0 Å². The Morgan fingerprint density at radius 2 is 1.79 bits per heavy atom. The van der Waals surface area contributed by atoms with E-state index in [1.165, 1.54) is 13.2 Å². The van der Waals surface area contributed by atoms with E-state index in [4.69, 9.17) is 17.0 Å². The molecule has 2 N–H and O–H groups in total. The van der Waals surface area contributed by atoms with Crippen molar-refractivity contribution in [1.82, 2.24) is 5.32 Å². The van der Waals surface area contributed by atoms with Crippen LogP contribution in [0.15, 0.2) is 42.5 Å². The van der Waals surface area contributed by atoms with E-state index in [9.17, 15) is 14.7 Å². The number of carboxylic acids is 1. The first-order valence-corrected chi connectivity index (χ1v) is 7.40. The lowest BCUT2D eigenvalue weighted by atomic mass is 10.1. The third kappa shape index (κ3) is 4.08. The minimum atomic E-state index is -1.27. The summed E-state index contributed by atoms with van der Waals surface area (Å²) in [7, 11) is 1.54. The van der Waals surface area contributed by atoms with Gasteiger partial charge in [0.1, 0.15) is 5.75 Å². The van der Waals surface area contributed by atoms with Crippen LogP contribution in [0.1, 0.15) is 26.3 Å². The number of nitrogens with one attached hydrogen (secondary N) is 2. The maximum atomic E-state index is 12.1. The predicted octanol–water partition coefficient (Wildman–Crippen LogP) is 1.49. The van der Waals surface area contributed by atoms with Crippen LogP contribution in [0.4, 0.5) is 5.69 Å². The molecule has 2 rings (SSSR count). The summed E-state index contributed by atoms with van der Waals surface area (Å²) < 4.78 is 5.03. The number of ether oxygens (including phenoxy) is 1. The average Bonchev–Trinajstić information content (AvgIpc) is 2.56. The summed E-state index contributed by atoms with van der Waals surface area (Å²) in [5.74, 6) is -1.02. The molecule has 0 fully saturated rings. The van der Waals surface area contributed by atoms with Gasteiger partial charge in [0, 0.05) is 16.8 Å². The highest BCUT2D eigenvalue weighted by Gasteiger charge is 2.10. The van der Waals surface area contributed by atoms with Gasteiger partial charge in [-0.2, -0.15) is 0 Å². The highest BCUT2D eigenvalue weighted by molar-refractivity contribution is 7.80. The summed E-state index contributed by atoms with van der Waals surface area (Å²) in [5.41, 5.74) is 1.43. The van der Waals surface area contributed by atoms with Gasteiger partial charge in [-0.3, -0.25) is 10.1 Å². The van der Waals surface area contributed by atoms with Gasteiger partial charge in [-0.25, -0.2) is 0 Å². The average molecular weight is 343 g/mol. The largest absolute Gasteiger partial charge is 0.545 e. The molecule has 0 saturated heterocycles. The lowest BCUT2D eigenvalue weighted by Crippen LogP contribution is -2.34. The van der Waals surface area contributed by atoms with Crippen molar-refractivity contribution in [3.8, 4) is 5.75 Å². The third-order valence-electron chi connectivity index (χ3n) is 3.38. The Morgan fingerprint density at radius 3 is 2.38 bits per heavy atom. The molecular formula is C17H15N2O4S-. The molecule has 0 radical (unpaired) electrons. The molecule has 0 spiro atoms. The van der Waals surface area contributed by atoms with Crippen LogP contribution in [0.25, 0.3) is 0 Å². The zero-order valence-electron chi connectivity index (χ0n) is 13.1. The Balaban J connectivity index is 2.06. The van der Waals surface area contributed by atoms with E-state index in [1.807, 2.05) is 0 Å². The Hall–Kier alpha value is -2.93. The second-order valence-corrected chi connectivity index (χ2v) is 5.31. The van der Waals surface area contributed by atoms with E-state index in [1.54, 1.807) is 43.3 Å². The van der Waals surface area contributed by atoms with E-state index in [-0.39, 0.29) is 16.6 Å². The third-order valence-corrected chi connectivity index (χ3v) is 3.59. The van der Waals surface area contributed by atoms with Crippen molar-refractivity contribution < 1.29 is 19.4 Å². The molecule has 0 aliphatic heterocycles. The smallest absolute Gasteiger partial charge is 0.257 e. The van der Waals surface area contributed by atoms with Crippen molar-refractivity contribution in [2.24, 2.45) is 0 Å². The molecule has 1 amide bonds. The van der Waals surface area contributed by atoms with E-state index >= 15 is 0 Å². The van der Waals surface area contributed by atoms with Crippen LogP contribution in [-0.2, 0) is 0 Å². The summed E-state index contributed by atoms with van der Waals surface area (Å²) in [6.45, 7) is 1.63. The summed E-state index contributed by atoms with van der Waals surface area (Å²) in [6, 6.07) is 11.2. The van der Waals surface area contributed by atoms with Gasteiger partial charge < -0.3 is 20.0 Å². The van der Waals surface area contributed by atoms with Gasteiger partial charge >= 0.3 is 0 Å². The van der Waals surface area contributed by atoms with Gasteiger partial charge in [-0.1, -0.05) is 12.1 Å². The number of carbonyl (C=O) groups excluding carboxylic acids is 2. The lowest BCUT2D eigenvalue weighted by molar-refractivity contribution is -0.255. The highest BCUT2D eigenvalue weighted by Crippen LogP contribution is 2.18. The Labute approximate surface area is 144 Å². The number of methoxy groups -OCH3 is 1. The maximum Gasteiger partial charge on any atom is 0.257 e. The molecule has 0 bridgehead atoms. The SMILES string of the molecule is COc1ccc(C(=O)NC(=S)Nc2cccc(C(=O)[O-])c2C)cc1. The van der Waals surface area contributed by atoms with Crippen LogP contribution in [0.3, 0.4) is 0 Å². The van der Waals surface area contributed by atoms with Crippen LogP contribution < -0.4 is 20.5 Å². The number of anilines is 1. The number of carboxylic acid groups (broad SMARTS) is 1. The Morgan fingerprint density at radius 1 is 1.12 bits per heavy atom. The van der Waals surface area contributed by atoms with Crippen molar-refractivity contribution in [1.29, 1.82) is 0 Å². The molecule has 0 heterocycles. The summed E-state index contributed by atoms with van der Waals surface area (Å²) in [4.78, 5) is 23.1. The lowest BCUT2D eigenvalue weighted by Gasteiger charge is -2.15. The first-order valence-electron chi connectivity index (χ1n) is 6.99. The van der Waals surface area contributed by atoms with E-state index in [2.05, 4.69) is 10.6 Å². The number of benzene rings is 2. The van der Waals surface area contributed by atoms with Crippen molar-refractivity contribution >= 4 is 34.9 Å². The number of thiocarbonyl (C=S) groups is 1. The van der Waals surface area contributed by atoms with Crippen LogP contribution >= 0.6 is 12.2 Å². The van der Waals surface area contributed by atoms with E-state index in [0.29, 0.717) is 22.6 Å². The molecule has 6 nitrogen and oxygen atoms in total. The minimum absolute atomic E-state index is 0.0595. The first kappa shape index (κ1) is 17.4. The minimum Gasteiger partial charge on any atom is -0.545 e. The number of amides is 1. The fourth-order valence-electron chi connectivity index (χ4n) is 2.06. The molecule has 0 aliphatic rings.